The molecule has 1 aliphatic carbocycles. The molecule has 0 amide bonds. The maximum atomic E-state index is 13.3. The molecule has 1 fully saturated rings. The summed E-state index contributed by atoms with van der Waals surface area (Å²) in [4.78, 5) is 19.0. The monoisotopic (exact) mass is 498 g/mol. The van der Waals surface area contributed by atoms with Gasteiger partial charge >= 0.3 is 0 Å². The number of pyridine rings is 1. The summed E-state index contributed by atoms with van der Waals surface area (Å²) < 4.78 is 1.97. The summed E-state index contributed by atoms with van der Waals surface area (Å²) in [5, 5.41) is 14.2. The number of nitrogens with zero attached hydrogens (tertiary/aromatic N) is 5. The lowest BCUT2D eigenvalue weighted by atomic mass is 9.97. The van der Waals surface area contributed by atoms with E-state index in [1.165, 1.54) is 24.0 Å². The van der Waals surface area contributed by atoms with Crippen molar-refractivity contribution in [1.82, 2.24) is 30.1 Å². The van der Waals surface area contributed by atoms with E-state index < -0.39 is 0 Å². The Balaban J connectivity index is 1.50. The van der Waals surface area contributed by atoms with Crippen molar-refractivity contribution in [3.8, 4) is 0 Å². The number of tetrazole rings is 1. The predicted octanol–water partition coefficient (Wildman–Crippen LogP) is 5.52. The molecule has 1 aliphatic rings. The molecule has 0 bridgehead atoms. The normalized spacial score (nSPS) is 15.3. The van der Waals surface area contributed by atoms with Crippen LogP contribution in [0.4, 0.5) is 0 Å². The van der Waals surface area contributed by atoms with Gasteiger partial charge in [-0.1, -0.05) is 63.1 Å². The van der Waals surface area contributed by atoms with Gasteiger partial charge in [-0.05, 0) is 78.3 Å². The van der Waals surface area contributed by atoms with Crippen LogP contribution in [-0.4, -0.2) is 36.1 Å². The molecule has 7 heteroatoms. The van der Waals surface area contributed by atoms with Crippen LogP contribution in [0.2, 0.25) is 0 Å². The van der Waals surface area contributed by atoms with E-state index >= 15 is 0 Å². The third kappa shape index (κ3) is 5.52. The Bertz CT molecular complexity index is 1400. The lowest BCUT2D eigenvalue weighted by Gasteiger charge is -2.38. The molecule has 37 heavy (non-hydrogen) atoms. The van der Waals surface area contributed by atoms with E-state index in [1.807, 2.05) is 10.7 Å². The Kier molecular flexibility index (Phi) is 7.51. The highest BCUT2D eigenvalue weighted by Crippen LogP contribution is 2.36. The minimum atomic E-state index is -0.00771. The average molecular weight is 499 g/mol. The number of hydrogen-bond donors (Lipinski definition) is 1. The van der Waals surface area contributed by atoms with E-state index in [9.17, 15) is 4.79 Å². The van der Waals surface area contributed by atoms with Crippen molar-refractivity contribution in [1.29, 1.82) is 0 Å². The molecular weight excluding hydrogens is 460 g/mol. The van der Waals surface area contributed by atoms with Crippen LogP contribution >= 0.6 is 0 Å². The molecule has 2 heterocycles. The summed E-state index contributed by atoms with van der Waals surface area (Å²) in [5.74, 6) is 1.17. The summed E-state index contributed by atoms with van der Waals surface area (Å²) in [5.41, 5.74) is 5.32. The molecule has 2 aromatic carbocycles. The Hall–Kier alpha value is -3.32. The van der Waals surface area contributed by atoms with Crippen LogP contribution in [0.5, 0.6) is 0 Å². The van der Waals surface area contributed by atoms with Crippen molar-refractivity contribution in [2.24, 2.45) is 5.92 Å². The molecule has 0 saturated heterocycles. The molecule has 7 nitrogen and oxygen atoms in total. The van der Waals surface area contributed by atoms with Crippen LogP contribution in [0.3, 0.4) is 0 Å². The van der Waals surface area contributed by atoms with Gasteiger partial charge in [-0.2, -0.15) is 0 Å². The van der Waals surface area contributed by atoms with Crippen LogP contribution in [0.15, 0.2) is 53.3 Å². The fourth-order valence-corrected chi connectivity index (χ4v) is 6.01. The van der Waals surface area contributed by atoms with Gasteiger partial charge in [0.2, 0.25) is 0 Å². The van der Waals surface area contributed by atoms with Crippen molar-refractivity contribution in [3.63, 3.8) is 0 Å². The third-order valence-corrected chi connectivity index (χ3v) is 7.80. The first kappa shape index (κ1) is 25.3. The van der Waals surface area contributed by atoms with Crippen LogP contribution in [0.25, 0.3) is 10.9 Å². The number of aromatic amines is 1. The first-order chi connectivity index (χ1) is 17.9. The second-order valence-corrected chi connectivity index (χ2v) is 11.0. The number of fused-ring (bicyclic) bond motifs is 1. The molecule has 194 valence electrons. The standard InChI is InChI=1S/C30H38N6O/c1-20(2)28(29-32-33-34-36(29)15-14-23-10-6-5-7-11-23)35(25-12-8-9-13-25)19-24-18-26-22(4)16-21(3)17-27(26)31-30(24)37/h5-7,10-11,16-18,20,25,28H,8-9,12-15,19H2,1-4H3,(H,31,37)/t28-/m0/s1. The maximum absolute atomic E-state index is 13.3. The molecule has 4 aromatic rings. The molecule has 2 aromatic heterocycles. The second-order valence-electron chi connectivity index (χ2n) is 11.0. The SMILES string of the molecule is Cc1cc(C)c2cc(CN(C3CCCC3)[C@H](c3nnnn3CCc3ccccc3)C(C)C)c(=O)[nH]c2c1. The number of aromatic nitrogens is 5. The lowest BCUT2D eigenvalue weighted by Crippen LogP contribution is -2.41. The van der Waals surface area contributed by atoms with Gasteiger partial charge in [0.25, 0.3) is 5.56 Å². The second kappa shape index (κ2) is 11.0. The van der Waals surface area contributed by atoms with Gasteiger partial charge in [-0.25, -0.2) is 4.68 Å². The lowest BCUT2D eigenvalue weighted by molar-refractivity contribution is 0.0840. The highest BCUT2D eigenvalue weighted by atomic mass is 16.1. The van der Waals surface area contributed by atoms with E-state index in [-0.39, 0.29) is 17.5 Å². The maximum Gasteiger partial charge on any atom is 0.252 e. The predicted molar refractivity (Wildman–Crippen MR) is 147 cm³/mol. The first-order valence-corrected chi connectivity index (χ1v) is 13.6. The van der Waals surface area contributed by atoms with Gasteiger partial charge in [0.1, 0.15) is 0 Å². The van der Waals surface area contributed by atoms with Crippen molar-refractivity contribution >= 4 is 10.9 Å². The molecule has 1 saturated carbocycles. The largest absolute Gasteiger partial charge is 0.322 e. The zero-order valence-corrected chi connectivity index (χ0v) is 22.4. The smallest absolute Gasteiger partial charge is 0.252 e. The molecule has 0 spiro atoms. The number of nitrogens with one attached hydrogen (secondary N) is 1. The molecule has 0 unspecified atom stereocenters. The van der Waals surface area contributed by atoms with Crippen LogP contribution in [0.1, 0.15) is 73.7 Å². The van der Waals surface area contributed by atoms with Gasteiger partial charge in [-0.3, -0.25) is 9.69 Å². The zero-order chi connectivity index (χ0) is 25.9. The highest BCUT2D eigenvalue weighted by molar-refractivity contribution is 5.83. The Labute approximate surface area is 218 Å². The highest BCUT2D eigenvalue weighted by Gasteiger charge is 2.35. The minimum absolute atomic E-state index is 0.00771. The van der Waals surface area contributed by atoms with E-state index in [1.54, 1.807) is 0 Å². The first-order valence-electron chi connectivity index (χ1n) is 13.6. The summed E-state index contributed by atoms with van der Waals surface area (Å²) in [6.07, 6.45) is 5.59. The van der Waals surface area contributed by atoms with E-state index in [4.69, 9.17) is 0 Å². The Morgan fingerprint density at radius 3 is 2.57 bits per heavy atom. The quantitative estimate of drug-likeness (QED) is 0.329. The van der Waals surface area contributed by atoms with Gasteiger partial charge < -0.3 is 4.98 Å². The van der Waals surface area contributed by atoms with Crippen molar-refractivity contribution in [3.05, 3.63) is 87.0 Å². The van der Waals surface area contributed by atoms with Crippen molar-refractivity contribution < 1.29 is 0 Å². The van der Waals surface area contributed by atoms with Crippen LogP contribution in [-0.2, 0) is 19.5 Å². The van der Waals surface area contributed by atoms with Gasteiger partial charge in [0.05, 0.1) is 6.04 Å². The van der Waals surface area contributed by atoms with Crippen LogP contribution in [0, 0.1) is 19.8 Å². The topological polar surface area (TPSA) is 79.7 Å². The van der Waals surface area contributed by atoms with Gasteiger partial charge in [-0.15, -0.1) is 5.10 Å². The van der Waals surface area contributed by atoms with Crippen molar-refractivity contribution in [2.45, 2.75) is 85.0 Å². The zero-order valence-electron chi connectivity index (χ0n) is 22.4. The molecule has 0 radical (unpaired) electrons. The summed E-state index contributed by atoms with van der Waals surface area (Å²) >= 11 is 0. The molecule has 5 rings (SSSR count). The molecule has 0 aliphatic heterocycles. The fraction of sp³-hybridized carbons (Fsp3) is 0.467. The van der Waals surface area contributed by atoms with Crippen LogP contribution < -0.4 is 5.56 Å². The Morgan fingerprint density at radius 1 is 1.08 bits per heavy atom. The molecule has 1 atom stereocenters. The minimum Gasteiger partial charge on any atom is -0.322 e. The Morgan fingerprint density at radius 2 is 1.84 bits per heavy atom. The number of rotatable bonds is 9. The summed E-state index contributed by atoms with van der Waals surface area (Å²) in [6, 6.07) is 17.2. The van der Waals surface area contributed by atoms with E-state index in [0.29, 0.717) is 12.6 Å². The molecule has 1 N–H and O–H groups in total. The number of aryl methyl sites for hydroxylation is 4. The number of hydrogen-bond acceptors (Lipinski definition) is 5. The third-order valence-electron chi connectivity index (χ3n) is 7.80. The summed E-state index contributed by atoms with van der Waals surface area (Å²) in [6.45, 7) is 9.96. The summed E-state index contributed by atoms with van der Waals surface area (Å²) in [7, 11) is 0. The number of H-pyrrole nitrogens is 1. The van der Waals surface area contributed by atoms with Gasteiger partial charge in [0, 0.05) is 35.6 Å². The van der Waals surface area contributed by atoms with Crippen molar-refractivity contribution in [2.75, 3.05) is 0 Å². The average Bonchev–Trinajstić information content (AvgIpc) is 3.56. The molecular formula is C30H38N6O. The van der Waals surface area contributed by atoms with E-state index in [0.717, 1.165) is 53.7 Å². The van der Waals surface area contributed by atoms with E-state index in [2.05, 4.69) is 95.6 Å². The van der Waals surface area contributed by atoms with Gasteiger partial charge in [0.15, 0.2) is 5.82 Å². The fourth-order valence-electron chi connectivity index (χ4n) is 6.01. The number of benzene rings is 2.